The van der Waals surface area contributed by atoms with Gasteiger partial charge in [-0.2, -0.15) is 0 Å². The maximum absolute atomic E-state index is 11.3. The first-order valence-electron chi connectivity index (χ1n) is 6.71. The van der Waals surface area contributed by atoms with Crippen LogP contribution in [0.4, 0.5) is 0 Å². The van der Waals surface area contributed by atoms with Gasteiger partial charge in [0.1, 0.15) is 9.84 Å². The minimum absolute atomic E-state index is 0.186. The Hall–Kier alpha value is -0.230. The molecular weight excluding hydrogens is 314 g/mol. The smallest absolute Gasteiger partial charge is 0.147 e. The third-order valence-electron chi connectivity index (χ3n) is 2.80. The predicted molar refractivity (Wildman–Crippen MR) is 88.6 cm³/mol. The molecule has 0 aliphatic carbocycles. The van der Waals surface area contributed by atoms with Gasteiger partial charge in [0, 0.05) is 22.9 Å². The number of rotatable bonds is 9. The van der Waals surface area contributed by atoms with Gasteiger partial charge in [0.05, 0.1) is 10.8 Å². The Kier molecular flexibility index (Phi) is 7.95. The predicted octanol–water partition coefficient (Wildman–Crippen LogP) is 3.24. The van der Waals surface area contributed by atoms with Crippen LogP contribution in [0.2, 0.25) is 5.02 Å². The zero-order chi connectivity index (χ0) is 15.0. The monoisotopic (exact) mass is 335 g/mol. The first-order valence-corrected chi connectivity index (χ1v) is 10.1. The third kappa shape index (κ3) is 7.53. The van der Waals surface area contributed by atoms with Crippen LogP contribution in [-0.4, -0.2) is 38.8 Å². The summed E-state index contributed by atoms with van der Waals surface area (Å²) < 4.78 is 22.6. The molecule has 0 heterocycles. The van der Waals surface area contributed by atoms with Crippen molar-refractivity contribution >= 4 is 33.2 Å². The normalized spacial score (nSPS) is 13.3. The standard InChI is InChI=1S/C14H22ClNO2S2/c1-3-9-16-12(8-10-20(2,17)18)11-19-14-7-5-4-6-13(14)15/h4-7,12,16H,3,8-11H2,1-2H3. The molecule has 0 bridgehead atoms. The van der Waals surface area contributed by atoms with E-state index in [0.29, 0.717) is 6.42 Å². The molecule has 0 aromatic heterocycles. The highest BCUT2D eigenvalue weighted by atomic mass is 35.5. The van der Waals surface area contributed by atoms with Crippen molar-refractivity contribution in [3.05, 3.63) is 29.3 Å². The van der Waals surface area contributed by atoms with Gasteiger partial charge in [-0.1, -0.05) is 30.7 Å². The minimum Gasteiger partial charge on any atom is -0.313 e. The molecule has 0 aliphatic heterocycles. The van der Waals surface area contributed by atoms with E-state index in [1.165, 1.54) is 6.26 Å². The first-order chi connectivity index (χ1) is 9.42. The van der Waals surface area contributed by atoms with Crippen molar-refractivity contribution in [2.24, 2.45) is 0 Å². The Morgan fingerprint density at radius 1 is 1.35 bits per heavy atom. The summed E-state index contributed by atoms with van der Waals surface area (Å²) in [5.41, 5.74) is 0. The molecule has 3 nitrogen and oxygen atoms in total. The molecule has 1 unspecified atom stereocenters. The number of sulfone groups is 1. The second-order valence-corrected chi connectivity index (χ2v) is 8.54. The average molecular weight is 336 g/mol. The van der Waals surface area contributed by atoms with Crippen LogP contribution in [0, 0.1) is 0 Å². The number of thioether (sulfide) groups is 1. The quantitative estimate of drug-likeness (QED) is 0.704. The van der Waals surface area contributed by atoms with E-state index in [9.17, 15) is 8.42 Å². The minimum atomic E-state index is -2.91. The molecule has 0 spiro atoms. The van der Waals surface area contributed by atoms with Gasteiger partial charge >= 0.3 is 0 Å². The number of halogens is 1. The summed E-state index contributed by atoms with van der Waals surface area (Å²) in [6.07, 6.45) is 2.95. The summed E-state index contributed by atoms with van der Waals surface area (Å²) in [4.78, 5) is 1.04. The van der Waals surface area contributed by atoms with Gasteiger partial charge in [-0.25, -0.2) is 8.42 Å². The lowest BCUT2D eigenvalue weighted by molar-refractivity contribution is 0.532. The van der Waals surface area contributed by atoms with Crippen molar-refractivity contribution < 1.29 is 8.42 Å². The van der Waals surface area contributed by atoms with E-state index in [1.807, 2.05) is 24.3 Å². The maximum atomic E-state index is 11.3. The molecule has 114 valence electrons. The summed E-state index contributed by atoms with van der Waals surface area (Å²) in [7, 11) is -2.91. The van der Waals surface area contributed by atoms with Crippen molar-refractivity contribution in [1.82, 2.24) is 5.32 Å². The van der Waals surface area contributed by atoms with Crippen molar-refractivity contribution in [3.8, 4) is 0 Å². The summed E-state index contributed by atoms with van der Waals surface area (Å²) in [5, 5.41) is 4.15. The Bertz CT molecular complexity index is 506. The molecule has 1 aromatic carbocycles. The van der Waals surface area contributed by atoms with E-state index >= 15 is 0 Å². The van der Waals surface area contributed by atoms with Crippen LogP contribution in [0.1, 0.15) is 19.8 Å². The summed E-state index contributed by atoms with van der Waals surface area (Å²) in [6, 6.07) is 7.91. The molecular formula is C14H22ClNO2S2. The van der Waals surface area contributed by atoms with Crippen LogP contribution in [0.5, 0.6) is 0 Å². The number of hydrogen-bond donors (Lipinski definition) is 1. The first kappa shape index (κ1) is 17.8. The number of benzene rings is 1. The molecule has 1 rings (SSSR count). The van der Waals surface area contributed by atoms with Gasteiger partial charge < -0.3 is 5.32 Å². The van der Waals surface area contributed by atoms with Gasteiger partial charge in [0.2, 0.25) is 0 Å². The summed E-state index contributed by atoms with van der Waals surface area (Å²) >= 11 is 7.79. The zero-order valence-electron chi connectivity index (χ0n) is 11.9. The molecule has 6 heteroatoms. The Balaban J connectivity index is 2.53. The van der Waals surface area contributed by atoms with Crippen LogP contribution in [0.15, 0.2) is 29.2 Å². The Morgan fingerprint density at radius 3 is 2.65 bits per heavy atom. The van der Waals surface area contributed by atoms with Crippen LogP contribution in [-0.2, 0) is 9.84 Å². The molecule has 0 saturated carbocycles. The molecule has 0 fully saturated rings. The van der Waals surface area contributed by atoms with Gasteiger partial charge in [0.25, 0.3) is 0 Å². The topological polar surface area (TPSA) is 46.2 Å². The average Bonchev–Trinajstić information content (AvgIpc) is 2.38. The van der Waals surface area contributed by atoms with Crippen molar-refractivity contribution in [2.45, 2.75) is 30.7 Å². The SMILES string of the molecule is CCCNC(CCS(C)(=O)=O)CSc1ccccc1Cl. The highest BCUT2D eigenvalue weighted by Gasteiger charge is 2.13. The van der Waals surface area contributed by atoms with Crippen molar-refractivity contribution in [3.63, 3.8) is 0 Å². The second-order valence-electron chi connectivity index (χ2n) is 4.81. The molecule has 0 amide bonds. The summed E-state index contributed by atoms with van der Waals surface area (Å²) in [5.74, 6) is 1.04. The lowest BCUT2D eigenvalue weighted by Crippen LogP contribution is -2.33. The van der Waals surface area contributed by atoms with Gasteiger partial charge in [-0.05, 0) is 31.5 Å². The molecule has 0 radical (unpaired) electrons. The highest BCUT2D eigenvalue weighted by Crippen LogP contribution is 2.27. The van der Waals surface area contributed by atoms with E-state index in [1.54, 1.807) is 11.8 Å². The van der Waals surface area contributed by atoms with Gasteiger partial charge in [-0.15, -0.1) is 11.8 Å². The lowest BCUT2D eigenvalue weighted by Gasteiger charge is -2.18. The fourth-order valence-corrected chi connectivity index (χ4v) is 3.76. The lowest BCUT2D eigenvalue weighted by atomic mass is 10.2. The van der Waals surface area contributed by atoms with Crippen LogP contribution < -0.4 is 5.32 Å². The molecule has 1 atom stereocenters. The van der Waals surface area contributed by atoms with Crippen molar-refractivity contribution in [2.75, 3.05) is 24.3 Å². The molecule has 0 saturated heterocycles. The largest absolute Gasteiger partial charge is 0.313 e. The molecule has 1 N–H and O–H groups in total. The number of nitrogens with one attached hydrogen (secondary N) is 1. The zero-order valence-corrected chi connectivity index (χ0v) is 14.3. The van der Waals surface area contributed by atoms with E-state index in [-0.39, 0.29) is 11.8 Å². The molecule has 20 heavy (non-hydrogen) atoms. The third-order valence-corrected chi connectivity index (χ3v) is 5.45. The molecule has 0 aliphatic rings. The van der Waals surface area contributed by atoms with E-state index in [2.05, 4.69) is 12.2 Å². The van der Waals surface area contributed by atoms with Crippen LogP contribution >= 0.6 is 23.4 Å². The number of hydrogen-bond acceptors (Lipinski definition) is 4. The van der Waals surface area contributed by atoms with E-state index < -0.39 is 9.84 Å². The van der Waals surface area contributed by atoms with Crippen LogP contribution in [0.25, 0.3) is 0 Å². The second kappa shape index (κ2) is 8.93. The fraction of sp³-hybridized carbons (Fsp3) is 0.571. The van der Waals surface area contributed by atoms with E-state index in [4.69, 9.17) is 11.6 Å². The highest BCUT2D eigenvalue weighted by molar-refractivity contribution is 7.99. The Morgan fingerprint density at radius 2 is 2.05 bits per heavy atom. The van der Waals surface area contributed by atoms with Gasteiger partial charge in [0.15, 0.2) is 0 Å². The summed E-state index contributed by atoms with van der Waals surface area (Å²) in [6.45, 7) is 3.00. The maximum Gasteiger partial charge on any atom is 0.147 e. The Labute approximate surface area is 131 Å². The fourth-order valence-electron chi connectivity index (χ4n) is 1.70. The van der Waals surface area contributed by atoms with E-state index in [0.717, 1.165) is 28.6 Å². The molecule has 1 aromatic rings. The van der Waals surface area contributed by atoms with Crippen molar-refractivity contribution in [1.29, 1.82) is 0 Å². The van der Waals surface area contributed by atoms with Gasteiger partial charge in [-0.3, -0.25) is 0 Å². The van der Waals surface area contributed by atoms with Crippen LogP contribution in [0.3, 0.4) is 0 Å².